The van der Waals surface area contributed by atoms with Crippen LogP contribution in [0, 0.1) is 6.92 Å². The van der Waals surface area contributed by atoms with Gasteiger partial charge in [0, 0.05) is 37.8 Å². The van der Waals surface area contributed by atoms with Crippen LogP contribution in [0.4, 0.5) is 0 Å². The number of aryl methyl sites for hydroxylation is 1. The molecule has 2 atom stereocenters. The van der Waals surface area contributed by atoms with Crippen molar-refractivity contribution in [3.8, 4) is 0 Å². The molecule has 1 saturated heterocycles. The summed E-state index contributed by atoms with van der Waals surface area (Å²) < 4.78 is 7.58. The molecule has 4 rings (SSSR count). The fraction of sp³-hybridized carbons (Fsp3) is 0.353. The quantitative estimate of drug-likeness (QED) is 0.777. The largest absolute Gasteiger partial charge is 0.466 e. The number of imidazole rings is 1. The molecule has 25 heavy (non-hydrogen) atoms. The van der Waals surface area contributed by atoms with E-state index in [1.54, 1.807) is 11.1 Å². The summed E-state index contributed by atoms with van der Waals surface area (Å²) in [7, 11) is 0. The topological polar surface area (TPSA) is 79.9 Å². The Balaban J connectivity index is 1.58. The molecule has 0 bridgehead atoms. The molecule has 3 aromatic heterocycles. The van der Waals surface area contributed by atoms with Crippen molar-refractivity contribution in [3.05, 3.63) is 47.1 Å². The number of hydrogen-bond donors (Lipinski definition) is 1. The lowest BCUT2D eigenvalue weighted by atomic mass is 10.0. The van der Waals surface area contributed by atoms with Crippen molar-refractivity contribution in [2.45, 2.75) is 25.8 Å². The zero-order valence-electron chi connectivity index (χ0n) is 13.9. The minimum absolute atomic E-state index is 0.0646. The summed E-state index contributed by atoms with van der Waals surface area (Å²) in [6, 6.07) is 3.64. The normalized spacial score (nSPS) is 20.3. The van der Waals surface area contributed by atoms with Crippen molar-refractivity contribution >= 4 is 28.1 Å². The highest BCUT2D eigenvalue weighted by atomic mass is 32.1. The number of carbonyl (C=O) groups is 2. The lowest BCUT2D eigenvalue weighted by molar-refractivity contribution is -0.119. The van der Waals surface area contributed by atoms with Crippen LogP contribution >= 0.6 is 11.3 Å². The molecule has 130 valence electrons. The van der Waals surface area contributed by atoms with Crippen molar-refractivity contribution in [2.75, 3.05) is 13.1 Å². The summed E-state index contributed by atoms with van der Waals surface area (Å²) in [4.78, 5) is 31.3. The molecular weight excluding hydrogens is 340 g/mol. The van der Waals surface area contributed by atoms with Crippen LogP contribution in [0.1, 0.15) is 34.9 Å². The first-order valence-corrected chi connectivity index (χ1v) is 8.94. The summed E-state index contributed by atoms with van der Waals surface area (Å²) in [5, 5.41) is 4.87. The molecule has 4 heterocycles. The van der Waals surface area contributed by atoms with Gasteiger partial charge in [0.15, 0.2) is 4.96 Å². The molecule has 7 nitrogen and oxygen atoms in total. The molecule has 0 saturated carbocycles. The highest BCUT2D eigenvalue weighted by molar-refractivity contribution is 7.15. The Morgan fingerprint density at radius 1 is 1.36 bits per heavy atom. The summed E-state index contributed by atoms with van der Waals surface area (Å²) in [5.41, 5.74) is 0.421. The van der Waals surface area contributed by atoms with Crippen LogP contribution < -0.4 is 5.32 Å². The number of thiazole rings is 1. The van der Waals surface area contributed by atoms with Gasteiger partial charge >= 0.3 is 0 Å². The summed E-state index contributed by atoms with van der Waals surface area (Å²) in [5.74, 6) is 1.30. The molecule has 0 spiro atoms. The maximum atomic E-state index is 12.8. The van der Waals surface area contributed by atoms with Crippen LogP contribution in [0.5, 0.6) is 0 Å². The summed E-state index contributed by atoms with van der Waals surface area (Å²) in [6.45, 7) is 4.29. The fourth-order valence-corrected chi connectivity index (χ4v) is 4.01. The van der Waals surface area contributed by atoms with E-state index in [0.29, 0.717) is 18.8 Å². The Bertz CT molecular complexity index is 912. The predicted octanol–water partition coefficient (Wildman–Crippen LogP) is 2.04. The molecule has 1 N–H and O–H groups in total. The smallest absolute Gasteiger partial charge is 0.274 e. The first-order valence-electron chi connectivity index (χ1n) is 8.06. The Kier molecular flexibility index (Phi) is 3.84. The highest BCUT2D eigenvalue weighted by Crippen LogP contribution is 2.30. The van der Waals surface area contributed by atoms with Crippen LogP contribution in [-0.2, 0) is 4.79 Å². The number of nitrogens with one attached hydrogen (secondary N) is 1. The molecule has 0 aliphatic carbocycles. The van der Waals surface area contributed by atoms with Gasteiger partial charge in [0.1, 0.15) is 17.2 Å². The minimum atomic E-state index is -0.171. The van der Waals surface area contributed by atoms with Gasteiger partial charge in [-0.3, -0.25) is 14.0 Å². The second-order valence-corrected chi connectivity index (χ2v) is 7.16. The van der Waals surface area contributed by atoms with Gasteiger partial charge in [0.25, 0.3) is 5.91 Å². The third kappa shape index (κ3) is 2.93. The number of likely N-dealkylation sites (tertiary alicyclic amines) is 1. The molecule has 1 fully saturated rings. The Labute approximate surface area is 148 Å². The number of furan rings is 1. The van der Waals surface area contributed by atoms with Crippen LogP contribution in [-0.4, -0.2) is 45.2 Å². The van der Waals surface area contributed by atoms with Gasteiger partial charge in [0.2, 0.25) is 5.91 Å². The van der Waals surface area contributed by atoms with Gasteiger partial charge in [-0.1, -0.05) is 0 Å². The van der Waals surface area contributed by atoms with E-state index in [4.69, 9.17) is 4.42 Å². The average molecular weight is 358 g/mol. The monoisotopic (exact) mass is 358 g/mol. The van der Waals surface area contributed by atoms with E-state index in [1.807, 2.05) is 35.0 Å². The summed E-state index contributed by atoms with van der Waals surface area (Å²) in [6.07, 6.45) is 3.62. The van der Waals surface area contributed by atoms with E-state index in [-0.39, 0.29) is 23.8 Å². The van der Waals surface area contributed by atoms with Crippen molar-refractivity contribution < 1.29 is 14.0 Å². The van der Waals surface area contributed by atoms with Gasteiger partial charge < -0.3 is 14.6 Å². The Morgan fingerprint density at radius 3 is 2.88 bits per heavy atom. The molecular formula is C17H18N4O3S. The van der Waals surface area contributed by atoms with E-state index in [2.05, 4.69) is 10.3 Å². The van der Waals surface area contributed by atoms with Crippen LogP contribution in [0.2, 0.25) is 0 Å². The third-order valence-corrected chi connectivity index (χ3v) is 5.21. The van der Waals surface area contributed by atoms with E-state index >= 15 is 0 Å². The Hall–Kier alpha value is -2.61. The zero-order valence-corrected chi connectivity index (χ0v) is 14.7. The van der Waals surface area contributed by atoms with Gasteiger partial charge in [-0.2, -0.15) is 0 Å². The maximum absolute atomic E-state index is 12.8. The van der Waals surface area contributed by atoms with Gasteiger partial charge in [-0.05, 0) is 19.1 Å². The SMILES string of the molecule is CC(=O)N[C@@H]1CN(C(=O)c2cn3ccsc3n2)C[C@H]1c1ccc(C)o1. The number of nitrogens with zero attached hydrogens (tertiary/aromatic N) is 3. The van der Waals surface area contributed by atoms with E-state index in [0.717, 1.165) is 16.5 Å². The standard InChI is InChI=1S/C17H18N4O3S/c1-10-3-4-15(24-10)12-7-21(8-13(12)18-11(2)22)16(23)14-9-20-5-6-25-17(20)19-14/h3-6,9,12-13H,7-8H2,1-2H3,(H,18,22)/t12-,13-/m1/s1. The third-order valence-electron chi connectivity index (χ3n) is 4.43. The van der Waals surface area contributed by atoms with Crippen LogP contribution in [0.3, 0.4) is 0 Å². The second-order valence-electron chi connectivity index (χ2n) is 6.29. The Morgan fingerprint density at radius 2 is 2.20 bits per heavy atom. The van der Waals surface area contributed by atoms with E-state index < -0.39 is 0 Å². The molecule has 8 heteroatoms. The number of hydrogen-bond acceptors (Lipinski definition) is 5. The first kappa shape index (κ1) is 15.9. The number of carbonyl (C=O) groups excluding carboxylic acids is 2. The highest BCUT2D eigenvalue weighted by Gasteiger charge is 2.39. The minimum Gasteiger partial charge on any atom is -0.466 e. The summed E-state index contributed by atoms with van der Waals surface area (Å²) >= 11 is 1.49. The van der Waals surface area contributed by atoms with E-state index in [9.17, 15) is 9.59 Å². The van der Waals surface area contributed by atoms with Gasteiger partial charge in [0.05, 0.1) is 12.0 Å². The first-order chi connectivity index (χ1) is 12.0. The number of rotatable bonds is 3. The molecule has 3 aromatic rings. The van der Waals surface area contributed by atoms with Gasteiger partial charge in [-0.25, -0.2) is 4.98 Å². The average Bonchev–Trinajstić information content (AvgIpc) is 3.27. The molecule has 0 radical (unpaired) electrons. The number of aromatic nitrogens is 2. The van der Waals surface area contributed by atoms with Crippen molar-refractivity contribution in [2.24, 2.45) is 0 Å². The number of fused-ring (bicyclic) bond motifs is 1. The lowest BCUT2D eigenvalue weighted by Crippen LogP contribution is -2.39. The van der Waals surface area contributed by atoms with E-state index in [1.165, 1.54) is 18.3 Å². The zero-order chi connectivity index (χ0) is 17.6. The second kappa shape index (κ2) is 6.03. The van der Waals surface area contributed by atoms with Crippen molar-refractivity contribution in [1.82, 2.24) is 19.6 Å². The van der Waals surface area contributed by atoms with Crippen molar-refractivity contribution in [3.63, 3.8) is 0 Å². The molecule has 1 aliphatic heterocycles. The molecule has 1 aliphatic rings. The van der Waals surface area contributed by atoms with Crippen LogP contribution in [0.25, 0.3) is 4.96 Å². The number of amides is 2. The molecule has 2 amide bonds. The maximum Gasteiger partial charge on any atom is 0.274 e. The van der Waals surface area contributed by atoms with Crippen LogP contribution in [0.15, 0.2) is 34.3 Å². The molecule has 0 unspecified atom stereocenters. The lowest BCUT2D eigenvalue weighted by Gasteiger charge is -2.16. The van der Waals surface area contributed by atoms with Gasteiger partial charge in [-0.15, -0.1) is 11.3 Å². The fourth-order valence-electron chi connectivity index (χ4n) is 3.31. The molecule has 0 aromatic carbocycles. The predicted molar refractivity (Wildman–Crippen MR) is 92.8 cm³/mol. The van der Waals surface area contributed by atoms with Crippen molar-refractivity contribution in [1.29, 1.82) is 0 Å².